The van der Waals surface area contributed by atoms with E-state index in [2.05, 4.69) is 60.6 Å². The summed E-state index contributed by atoms with van der Waals surface area (Å²) in [4.78, 5) is 14.5. The zero-order valence-corrected chi connectivity index (χ0v) is 15.4. The molecule has 0 fully saturated rings. The van der Waals surface area contributed by atoms with E-state index in [1.54, 1.807) is 0 Å². The Morgan fingerprint density at radius 2 is 1.71 bits per heavy atom. The fourth-order valence-electron chi connectivity index (χ4n) is 2.07. The van der Waals surface area contributed by atoms with Crippen LogP contribution in [0, 0.1) is 5.92 Å². The van der Waals surface area contributed by atoms with Gasteiger partial charge in [-0.2, -0.15) is 0 Å². The van der Waals surface area contributed by atoms with Gasteiger partial charge in [-0.05, 0) is 60.8 Å². The monoisotopic (exact) mass is 293 g/mol. The van der Waals surface area contributed by atoms with Gasteiger partial charge in [0, 0.05) is 18.0 Å². The van der Waals surface area contributed by atoms with E-state index < -0.39 is 0 Å². The fraction of sp³-hybridized carbons (Fsp3) is 0.737. The minimum Gasteiger partial charge on any atom is -0.334 e. The summed E-state index contributed by atoms with van der Waals surface area (Å²) in [6.45, 7) is 17.6. The van der Waals surface area contributed by atoms with Crippen molar-refractivity contribution in [1.82, 2.24) is 4.90 Å². The largest absolute Gasteiger partial charge is 0.334 e. The lowest BCUT2D eigenvalue weighted by Gasteiger charge is -2.37. The normalized spacial score (nSPS) is 13.8. The number of rotatable bonds is 7. The Labute approximate surface area is 132 Å². The van der Waals surface area contributed by atoms with E-state index in [1.165, 1.54) is 11.1 Å². The molecule has 0 saturated heterocycles. The summed E-state index contributed by atoms with van der Waals surface area (Å²) in [5, 5.41) is 0. The van der Waals surface area contributed by atoms with Gasteiger partial charge in [0.1, 0.15) is 0 Å². The maximum atomic E-state index is 12.5. The van der Waals surface area contributed by atoms with Gasteiger partial charge in [0.05, 0.1) is 0 Å². The third-order valence-electron chi connectivity index (χ3n) is 3.82. The first-order valence-corrected chi connectivity index (χ1v) is 8.20. The van der Waals surface area contributed by atoms with Crippen molar-refractivity contribution in [2.75, 3.05) is 6.54 Å². The molecule has 2 nitrogen and oxygen atoms in total. The van der Waals surface area contributed by atoms with Crippen molar-refractivity contribution in [2.45, 2.75) is 80.2 Å². The van der Waals surface area contributed by atoms with Gasteiger partial charge in [0.15, 0.2) is 0 Å². The summed E-state index contributed by atoms with van der Waals surface area (Å²) >= 11 is 0. The maximum Gasteiger partial charge on any atom is 0.226 e. The third-order valence-corrected chi connectivity index (χ3v) is 3.82. The number of hydrogen-bond donors (Lipinski definition) is 0. The standard InChI is InChI=1S/C19H35NO/c1-9-17(5)18(21)20(19(6,7)8)14-13-16(4)12-10-11-15(2)3/h11,13,17H,9-10,12,14H2,1-8H3. The number of hydrogen-bond acceptors (Lipinski definition) is 1. The molecule has 0 aliphatic carbocycles. The summed E-state index contributed by atoms with van der Waals surface area (Å²) in [6, 6.07) is 0. The Morgan fingerprint density at radius 3 is 2.14 bits per heavy atom. The number of carbonyl (C=O) groups excluding carboxylic acids is 1. The molecule has 0 heterocycles. The van der Waals surface area contributed by atoms with Gasteiger partial charge in [-0.3, -0.25) is 4.79 Å². The molecule has 0 N–H and O–H groups in total. The molecular formula is C19H35NO. The molecular weight excluding hydrogens is 258 g/mol. The number of amides is 1. The van der Waals surface area contributed by atoms with Gasteiger partial charge in [-0.25, -0.2) is 0 Å². The summed E-state index contributed by atoms with van der Waals surface area (Å²) in [5.74, 6) is 0.363. The molecule has 0 aliphatic rings. The van der Waals surface area contributed by atoms with Gasteiger partial charge in [-0.1, -0.05) is 37.1 Å². The molecule has 1 unspecified atom stereocenters. The average Bonchev–Trinajstić information content (AvgIpc) is 2.35. The molecule has 0 saturated carbocycles. The Kier molecular flexibility index (Phi) is 8.61. The van der Waals surface area contributed by atoms with Crippen LogP contribution >= 0.6 is 0 Å². The highest BCUT2D eigenvalue weighted by atomic mass is 16.2. The van der Waals surface area contributed by atoms with Crippen molar-refractivity contribution in [3.63, 3.8) is 0 Å². The molecule has 0 aliphatic heterocycles. The minimum atomic E-state index is -0.128. The van der Waals surface area contributed by atoms with Gasteiger partial charge in [-0.15, -0.1) is 0 Å². The Bertz CT molecular complexity index is 381. The molecule has 122 valence electrons. The number of allylic oxidation sites excluding steroid dienone is 3. The predicted molar refractivity (Wildman–Crippen MR) is 93.3 cm³/mol. The SMILES string of the molecule is CCC(C)C(=O)N(CC=C(C)CCC=C(C)C)C(C)(C)C. The highest BCUT2D eigenvalue weighted by Crippen LogP contribution is 2.19. The summed E-state index contributed by atoms with van der Waals surface area (Å²) < 4.78 is 0. The lowest BCUT2D eigenvalue weighted by molar-refractivity contribution is -0.139. The van der Waals surface area contributed by atoms with E-state index in [0.717, 1.165) is 19.3 Å². The van der Waals surface area contributed by atoms with Crippen LogP contribution in [-0.2, 0) is 4.79 Å². The first-order valence-electron chi connectivity index (χ1n) is 8.20. The maximum absolute atomic E-state index is 12.5. The van der Waals surface area contributed by atoms with Gasteiger partial charge >= 0.3 is 0 Å². The van der Waals surface area contributed by atoms with E-state index >= 15 is 0 Å². The Balaban J connectivity index is 4.77. The number of nitrogens with zero attached hydrogens (tertiary/aromatic N) is 1. The van der Waals surface area contributed by atoms with E-state index in [-0.39, 0.29) is 17.4 Å². The van der Waals surface area contributed by atoms with Crippen molar-refractivity contribution >= 4 is 5.91 Å². The topological polar surface area (TPSA) is 20.3 Å². The fourth-order valence-corrected chi connectivity index (χ4v) is 2.07. The van der Waals surface area contributed by atoms with Gasteiger partial charge < -0.3 is 4.90 Å². The van der Waals surface area contributed by atoms with Crippen molar-refractivity contribution < 1.29 is 4.79 Å². The number of carbonyl (C=O) groups is 1. The zero-order chi connectivity index (χ0) is 16.6. The van der Waals surface area contributed by atoms with Crippen LogP contribution in [0.15, 0.2) is 23.3 Å². The highest BCUT2D eigenvalue weighted by molar-refractivity contribution is 5.79. The van der Waals surface area contributed by atoms with Crippen molar-refractivity contribution in [1.29, 1.82) is 0 Å². The second-order valence-corrected chi connectivity index (χ2v) is 7.30. The molecule has 1 amide bonds. The van der Waals surface area contributed by atoms with Crippen LogP contribution in [0.25, 0.3) is 0 Å². The second kappa shape index (κ2) is 9.07. The van der Waals surface area contributed by atoms with Crippen LogP contribution in [0.3, 0.4) is 0 Å². The second-order valence-electron chi connectivity index (χ2n) is 7.30. The van der Waals surface area contributed by atoms with Crippen LogP contribution in [0.4, 0.5) is 0 Å². The Morgan fingerprint density at radius 1 is 1.14 bits per heavy atom. The van der Waals surface area contributed by atoms with E-state index in [9.17, 15) is 4.79 Å². The van der Waals surface area contributed by atoms with Crippen molar-refractivity contribution in [3.8, 4) is 0 Å². The van der Waals surface area contributed by atoms with E-state index in [1.807, 2.05) is 11.8 Å². The van der Waals surface area contributed by atoms with Gasteiger partial charge in [0.25, 0.3) is 0 Å². The van der Waals surface area contributed by atoms with Crippen LogP contribution in [0.2, 0.25) is 0 Å². The quantitative estimate of drug-likeness (QED) is 0.579. The molecule has 0 aromatic rings. The molecule has 0 aromatic carbocycles. The van der Waals surface area contributed by atoms with Crippen LogP contribution < -0.4 is 0 Å². The molecule has 1 atom stereocenters. The molecule has 0 rings (SSSR count). The smallest absolute Gasteiger partial charge is 0.226 e. The molecule has 2 heteroatoms. The van der Waals surface area contributed by atoms with Gasteiger partial charge in [0.2, 0.25) is 5.91 Å². The first kappa shape index (κ1) is 19.9. The molecule has 0 radical (unpaired) electrons. The molecule has 21 heavy (non-hydrogen) atoms. The Hall–Kier alpha value is -1.05. The highest BCUT2D eigenvalue weighted by Gasteiger charge is 2.28. The summed E-state index contributed by atoms with van der Waals surface area (Å²) in [7, 11) is 0. The summed E-state index contributed by atoms with van der Waals surface area (Å²) in [6.07, 6.45) is 7.53. The first-order chi connectivity index (χ1) is 9.59. The van der Waals surface area contributed by atoms with Crippen LogP contribution in [0.1, 0.15) is 74.7 Å². The third kappa shape index (κ3) is 8.08. The average molecular weight is 293 g/mol. The lowest BCUT2D eigenvalue weighted by atomic mass is 10.00. The van der Waals surface area contributed by atoms with Crippen LogP contribution in [-0.4, -0.2) is 22.9 Å². The van der Waals surface area contributed by atoms with E-state index in [0.29, 0.717) is 6.54 Å². The lowest BCUT2D eigenvalue weighted by Crippen LogP contribution is -2.47. The van der Waals surface area contributed by atoms with Crippen molar-refractivity contribution in [2.24, 2.45) is 5.92 Å². The van der Waals surface area contributed by atoms with Crippen LogP contribution in [0.5, 0.6) is 0 Å². The van der Waals surface area contributed by atoms with Crippen molar-refractivity contribution in [3.05, 3.63) is 23.3 Å². The summed E-state index contributed by atoms with van der Waals surface area (Å²) in [5.41, 5.74) is 2.60. The minimum absolute atomic E-state index is 0.101. The zero-order valence-electron chi connectivity index (χ0n) is 15.4. The molecule has 0 spiro atoms. The predicted octanol–water partition coefficient (Wildman–Crippen LogP) is 5.35. The molecule has 0 aromatic heterocycles. The molecule has 0 bridgehead atoms. The van der Waals surface area contributed by atoms with E-state index in [4.69, 9.17) is 0 Å².